The average Bonchev–Trinajstić information content (AvgIpc) is 2.55. The van der Waals surface area contributed by atoms with Gasteiger partial charge in [-0.15, -0.1) is 0 Å². The molecule has 0 spiro atoms. The van der Waals surface area contributed by atoms with Gasteiger partial charge >= 0.3 is 5.97 Å². The number of hydrogen-bond acceptors (Lipinski definition) is 7. The number of rotatable bonds is 13. The van der Waals surface area contributed by atoms with E-state index in [1.165, 1.54) is 6.41 Å². The van der Waals surface area contributed by atoms with E-state index in [4.69, 9.17) is 18.9 Å². The number of hydrogen-bond donors (Lipinski definition) is 2. The molecule has 0 atom stereocenters. The summed E-state index contributed by atoms with van der Waals surface area (Å²) >= 11 is 9.58. The van der Waals surface area contributed by atoms with Crippen LogP contribution in [0.4, 0.5) is 0 Å². The molecule has 0 heterocycles. The fourth-order valence-electron chi connectivity index (χ4n) is 1.26. The second-order valence-electron chi connectivity index (χ2n) is 6.05. The van der Waals surface area contributed by atoms with Crippen LogP contribution in [-0.2, 0) is 28.5 Å². The van der Waals surface area contributed by atoms with Gasteiger partial charge in [0, 0.05) is 13.7 Å². The molecule has 8 nitrogen and oxygen atoms in total. The predicted molar refractivity (Wildman–Crippen MR) is 115 cm³/mol. The van der Waals surface area contributed by atoms with Crippen LogP contribution in [-0.4, -0.2) is 79.9 Å². The summed E-state index contributed by atoms with van der Waals surface area (Å²) in [4.78, 5) is 20.8. The monoisotopic (exact) mass is 840 g/mol. The van der Waals surface area contributed by atoms with E-state index in [9.17, 15) is 9.59 Å². The van der Waals surface area contributed by atoms with Crippen LogP contribution in [0.1, 0.15) is 20.8 Å². The minimum atomic E-state index is -0.573. The van der Waals surface area contributed by atoms with E-state index < -0.39 is 2.14 Å². The summed E-state index contributed by atoms with van der Waals surface area (Å²) in [6.45, 7) is 9.85. The number of carbonyl (C=O) groups is 1. The molecule has 12 heteroatoms. The van der Waals surface area contributed by atoms with Crippen LogP contribution < -0.4 is 10.6 Å². The molecule has 2 N–H and O–H groups in total. The summed E-state index contributed by atoms with van der Waals surface area (Å²) in [6.07, 6.45) is 1.53. The average molecular weight is 843 g/mol. The molecule has 28 heavy (non-hydrogen) atoms. The summed E-state index contributed by atoms with van der Waals surface area (Å²) in [7, 11) is 1.66. The van der Waals surface area contributed by atoms with E-state index in [2.05, 4.69) is 58.4 Å². The standard InChI is InChI=1S/C9H20O3.C7H10Br3N2O3.Fm/c1-9(2,3)12-8-7-11-6-5-10-4;8-7(9,10)4-15-6(14)3-11-1-2-12-5-13;/h5-8H2,1-4H3;11H,1-4H2,(H,12,13);/q;-1;. The Morgan fingerprint density at radius 3 is 2.14 bits per heavy atom. The van der Waals surface area contributed by atoms with Gasteiger partial charge in [0.05, 0.1) is 38.6 Å². The summed E-state index contributed by atoms with van der Waals surface area (Å²) in [5, 5.41) is 5.13. The molecule has 0 aromatic carbocycles. The topological polar surface area (TPSA) is 95.1 Å². The molecule has 0 saturated carbocycles. The Morgan fingerprint density at radius 2 is 1.64 bits per heavy atom. The fraction of sp³-hybridized carbons (Fsp3) is 0.875. The van der Waals surface area contributed by atoms with Crippen molar-refractivity contribution in [2.24, 2.45) is 0 Å². The van der Waals surface area contributed by atoms with Gasteiger partial charge in [-0.25, -0.2) is 0 Å². The number of ether oxygens (including phenoxy) is 4. The fourth-order valence-corrected chi connectivity index (χ4v) is 1.60. The molecular weight excluding hydrogens is 813 g/mol. The van der Waals surface area contributed by atoms with Gasteiger partial charge < -0.3 is 34.4 Å². The zero-order valence-electron chi connectivity index (χ0n) is 16.5. The Morgan fingerprint density at radius 1 is 1.04 bits per heavy atom. The molecule has 0 fully saturated rings. The van der Waals surface area contributed by atoms with Crippen molar-refractivity contribution in [3.8, 4) is 0 Å². The molecule has 0 aromatic heterocycles. The smallest absolute Gasteiger partial charge is 0.320 e. The largest absolute Gasteiger partial charge is 0.529 e. The second-order valence-corrected chi connectivity index (χ2v) is 13.3. The number of alkyl halides is 3. The second kappa shape index (κ2) is 19.5. The molecule has 0 aromatic rings. The van der Waals surface area contributed by atoms with Crippen molar-refractivity contribution >= 4 is 60.2 Å². The van der Waals surface area contributed by atoms with Crippen LogP contribution in [0, 0.1) is 0 Å². The van der Waals surface area contributed by atoms with Crippen molar-refractivity contribution in [2.45, 2.75) is 28.5 Å². The van der Waals surface area contributed by atoms with Crippen molar-refractivity contribution in [2.75, 3.05) is 59.8 Å². The van der Waals surface area contributed by atoms with Crippen molar-refractivity contribution in [3.63, 3.8) is 0 Å². The van der Waals surface area contributed by atoms with Gasteiger partial charge in [0.2, 0.25) is 0 Å². The van der Waals surface area contributed by atoms with E-state index in [1.807, 2.05) is 20.8 Å². The van der Waals surface area contributed by atoms with Gasteiger partial charge in [-0.3, -0.25) is 4.79 Å². The van der Waals surface area contributed by atoms with Crippen LogP contribution >= 0.6 is 47.8 Å². The predicted octanol–water partition coefficient (Wildman–Crippen LogP) is 2.08. The van der Waals surface area contributed by atoms with E-state index in [0.717, 1.165) is 0 Å². The Balaban J connectivity index is -0.000000441. The Bertz CT molecular complexity index is 382. The summed E-state index contributed by atoms with van der Waals surface area (Å²) in [5.74, 6) is -0.368. The van der Waals surface area contributed by atoms with E-state index in [1.54, 1.807) is 7.11 Å². The van der Waals surface area contributed by atoms with Crippen molar-refractivity contribution in [1.29, 1.82) is 0 Å². The molecule has 0 radical (unpaired) electrons. The summed E-state index contributed by atoms with van der Waals surface area (Å²) in [5.41, 5.74) is -0.0649. The molecular formula is C16H30Br3FmN2O6-. The molecule has 174 valence electrons. The third kappa shape index (κ3) is 32.9. The van der Waals surface area contributed by atoms with Gasteiger partial charge in [0.1, 0.15) is 6.61 Å². The van der Waals surface area contributed by atoms with Crippen LogP contribution in [0.15, 0.2) is 0 Å². The zero-order valence-corrected chi connectivity index (χ0v) is 23.7. The number of nitrogens with one attached hydrogen (secondary N) is 2. The number of methoxy groups -OCH3 is 1. The van der Waals surface area contributed by atoms with Crippen molar-refractivity contribution in [1.82, 2.24) is 10.6 Å². The summed E-state index contributed by atoms with van der Waals surface area (Å²) < 4.78 is 19.8. The van der Waals surface area contributed by atoms with Crippen molar-refractivity contribution in [3.05, 3.63) is 0 Å². The Kier molecular flexibility index (Phi) is 22.3. The zero-order chi connectivity index (χ0) is 21.2. The SMILES string of the molecule is COCCOCCOC(C)(C)C.O=[C-]NCCNCC(=O)OCC(Br)(Br)Br.[Fm]. The Labute approximate surface area is 187 Å². The van der Waals surface area contributed by atoms with Gasteiger partial charge in [-0.2, -0.15) is 6.41 Å². The molecule has 0 saturated heterocycles. The molecule has 1 amide bonds. The van der Waals surface area contributed by atoms with Crippen LogP contribution in [0.3, 0.4) is 0 Å². The van der Waals surface area contributed by atoms with Crippen LogP contribution in [0.25, 0.3) is 0 Å². The normalized spacial score (nSPS) is 11.0. The third-order valence-electron chi connectivity index (χ3n) is 2.36. The minimum Gasteiger partial charge on any atom is -0.529 e. The third-order valence-corrected chi connectivity index (χ3v) is 3.05. The maximum absolute atomic E-state index is 11.1. The maximum atomic E-state index is 11.1. The van der Waals surface area contributed by atoms with Gasteiger partial charge in [0.15, 0.2) is 2.14 Å². The summed E-state index contributed by atoms with van der Waals surface area (Å²) in [6, 6.07) is 0. The van der Waals surface area contributed by atoms with Gasteiger partial charge in [-0.05, 0) is 27.3 Å². The number of esters is 1. The molecule has 0 unspecified atom stereocenters. The molecule has 0 bridgehead atoms. The first-order valence-corrected chi connectivity index (χ1v) is 10.6. The molecule has 0 rings (SSSR count). The van der Waals surface area contributed by atoms with Gasteiger partial charge in [0.25, 0.3) is 0 Å². The number of halogens is 3. The first-order chi connectivity index (χ1) is 12.5. The first-order valence-electron chi connectivity index (χ1n) is 8.25. The van der Waals surface area contributed by atoms with E-state index in [0.29, 0.717) is 39.5 Å². The molecule has 0 aliphatic carbocycles. The molecule has 0 aliphatic rings. The molecule has 0 aliphatic heterocycles. The number of carbonyl (C=O) groups excluding carboxylic acids is 2. The van der Waals surface area contributed by atoms with Crippen LogP contribution in [0.5, 0.6) is 0 Å². The van der Waals surface area contributed by atoms with Crippen LogP contribution in [0.2, 0.25) is 0 Å². The number of amides is 1. The van der Waals surface area contributed by atoms with Crippen molar-refractivity contribution < 1.29 is 28.5 Å². The maximum Gasteiger partial charge on any atom is 0.320 e. The Hall–Kier alpha value is -0.780. The van der Waals surface area contributed by atoms with E-state index in [-0.39, 0.29) is 24.7 Å². The first kappa shape index (κ1) is 31.9. The van der Waals surface area contributed by atoms with E-state index >= 15 is 0 Å². The quantitative estimate of drug-likeness (QED) is 0.0966. The minimum absolute atomic E-state index is 0. The van der Waals surface area contributed by atoms with Gasteiger partial charge in [-0.1, -0.05) is 47.8 Å².